The van der Waals surface area contributed by atoms with Gasteiger partial charge in [0.25, 0.3) is 0 Å². The van der Waals surface area contributed by atoms with Gasteiger partial charge in [0.05, 0.1) is 49.1 Å². The normalized spacial score (nSPS) is 20.2. The van der Waals surface area contributed by atoms with Crippen LogP contribution in [0.2, 0.25) is 0 Å². The first-order chi connectivity index (χ1) is 31.0. The van der Waals surface area contributed by atoms with Gasteiger partial charge in [-0.25, -0.2) is 21.3 Å². The van der Waals surface area contributed by atoms with Crippen LogP contribution < -0.4 is 43.7 Å². The number of hydrogen-bond acceptors (Lipinski definition) is 19. The lowest BCUT2D eigenvalue weighted by Gasteiger charge is -2.34. The number of nitrogens with two attached hydrogens (primary N) is 2. The number of nitrogens with one attached hydrogen (secondary N) is 6. The fraction of sp³-hybridized carbons (Fsp3) is 0.756. The number of carbonyl (C=O) groups excluding carboxylic acids is 8. The zero-order chi connectivity index (χ0) is 48.4. The van der Waals surface area contributed by atoms with Crippen LogP contribution in [0.25, 0.3) is 0 Å². The first-order valence-corrected chi connectivity index (χ1v) is 23.1. The predicted molar refractivity (Wildman–Crippen MR) is 240 cm³/mol. The molecule has 65 heavy (non-hydrogen) atoms. The Balaban J connectivity index is 1.78. The largest absolute Gasteiger partial charge is 0.394 e. The van der Waals surface area contributed by atoms with Crippen LogP contribution in [-0.2, 0) is 51.4 Å². The van der Waals surface area contributed by atoms with Gasteiger partial charge in [0.2, 0.25) is 35.2 Å². The number of unbranched alkanes of at least 4 members (excludes halogenated alkanes) is 1. The van der Waals surface area contributed by atoms with E-state index in [1.807, 2.05) is 0 Å². The lowest BCUT2D eigenvalue weighted by molar-refractivity contribution is -0.147. The molecule has 2 fully saturated rings. The molecule has 1 unspecified atom stereocenters. The number of rotatable bonds is 30. The highest BCUT2D eigenvalue weighted by molar-refractivity contribution is 7.80. The van der Waals surface area contributed by atoms with E-state index in [-0.39, 0.29) is 50.4 Å². The second-order valence-corrected chi connectivity index (χ2v) is 17.1. The molecule has 2 aliphatic heterocycles. The number of aliphatic hydroxyl groups excluding tert-OH is 2. The second kappa shape index (κ2) is 27.4. The Bertz CT molecular complexity index is 1790. The third-order valence-electron chi connectivity index (χ3n) is 11.9. The number of amides is 4. The molecule has 12 N–H and O–H groups in total. The lowest BCUT2D eigenvalue weighted by Crippen LogP contribution is -2.61. The zero-order valence-corrected chi connectivity index (χ0v) is 39.1. The Morgan fingerprint density at radius 1 is 0.862 bits per heavy atom. The number of likely N-dealkylation sites (tertiary alicyclic amines) is 1. The minimum absolute atomic E-state index is 0.0340. The average Bonchev–Trinajstić information content (AvgIpc) is 4.09. The molecule has 23 nitrogen and oxygen atoms in total. The molecular formula is C41H71N13O10S. The van der Waals surface area contributed by atoms with E-state index in [0.29, 0.717) is 57.3 Å². The smallest absolute Gasteiger partial charge is 0.245 e. The standard InChI is InChI=1S/C41H71N13O10S/c1-6-23(3)34(46-40(63)29(21-55)44-38(61)27(12-8-9-15-42)48-49-35(24(4)56)25(5)57)37(60)36(59)31-13-10-16-53(31)41(64)32-14-11-17-54(32)50-28(20-52-19-26(18-43)47-51-52)39(62)45-30(22-65)33(58)7-2/h19,23-24,27-32,34-35,48-50,55-56,65H,6-18,20-22,42-43H2,1-5H3,(H,44,61)(H,45,62)(H,46,63)/t23-,24+,27-,28-,29-,30-,31-,32-,34?,35-/m0/s1. The molecule has 0 spiro atoms. The third-order valence-corrected chi connectivity index (χ3v) is 12.2. The molecule has 1 aromatic heterocycles. The van der Waals surface area contributed by atoms with Crippen molar-refractivity contribution >= 4 is 59.4 Å². The van der Waals surface area contributed by atoms with Crippen LogP contribution in [0.4, 0.5) is 0 Å². The molecule has 10 atom stereocenters. The summed E-state index contributed by atoms with van der Waals surface area (Å²) in [5.74, 6) is -5.55. The maximum absolute atomic E-state index is 14.4. The summed E-state index contributed by atoms with van der Waals surface area (Å²) in [6, 6.07) is -8.83. The second-order valence-electron chi connectivity index (χ2n) is 16.7. The Hall–Kier alpha value is -4.27. The Morgan fingerprint density at radius 2 is 1.51 bits per heavy atom. The highest BCUT2D eigenvalue weighted by atomic mass is 32.1. The summed E-state index contributed by atoms with van der Waals surface area (Å²) in [6.07, 6.45) is 3.83. The third kappa shape index (κ3) is 15.7. The van der Waals surface area contributed by atoms with E-state index < -0.39 is 108 Å². The number of hydrazine groups is 2. The van der Waals surface area contributed by atoms with E-state index in [2.05, 4.69) is 55.2 Å². The summed E-state index contributed by atoms with van der Waals surface area (Å²) in [6.45, 7) is 7.89. The van der Waals surface area contributed by atoms with Gasteiger partial charge in [-0.1, -0.05) is 38.8 Å². The summed E-state index contributed by atoms with van der Waals surface area (Å²) < 4.78 is 1.43. The van der Waals surface area contributed by atoms with Gasteiger partial charge in [-0.2, -0.15) is 12.6 Å². The topological polar surface area (TPSA) is 338 Å². The monoisotopic (exact) mass is 938 g/mol. The van der Waals surface area contributed by atoms with E-state index in [1.54, 1.807) is 32.0 Å². The zero-order valence-electron chi connectivity index (χ0n) is 38.2. The van der Waals surface area contributed by atoms with Crippen LogP contribution in [-0.4, -0.2) is 168 Å². The number of nitrogens with zero attached hydrogens (tertiary/aromatic N) is 5. The van der Waals surface area contributed by atoms with Gasteiger partial charge in [0.1, 0.15) is 24.2 Å². The minimum Gasteiger partial charge on any atom is -0.394 e. The molecule has 0 radical (unpaired) electrons. The highest BCUT2D eigenvalue weighted by Crippen LogP contribution is 2.26. The van der Waals surface area contributed by atoms with Crippen LogP contribution in [0.3, 0.4) is 0 Å². The van der Waals surface area contributed by atoms with E-state index in [0.717, 1.165) is 0 Å². The molecule has 3 heterocycles. The van der Waals surface area contributed by atoms with E-state index in [9.17, 15) is 48.6 Å². The number of aromatic nitrogens is 3. The summed E-state index contributed by atoms with van der Waals surface area (Å²) in [5, 5.41) is 37.7. The van der Waals surface area contributed by atoms with Crippen molar-refractivity contribution in [2.45, 2.75) is 160 Å². The molecule has 0 saturated carbocycles. The quantitative estimate of drug-likeness (QED) is 0.0155. The molecular weight excluding hydrogens is 867 g/mol. The molecule has 24 heteroatoms. The average molecular weight is 938 g/mol. The SMILES string of the molecule is CCC(=O)[C@H](CS)NC(=O)[C@H](Cn1cc(CN)nn1)NN1CCC[C@H]1C(=O)N1CCC[C@H]1C(=O)C(=O)C(NC(=O)[C@H](CO)NC(=O)[C@H](CCCCN)NN[C@H](C(C)=O)[C@@H](C)O)[C@@H](C)CC. The molecule has 1 aromatic rings. The maximum atomic E-state index is 14.4. The number of thiol groups is 1. The van der Waals surface area contributed by atoms with E-state index >= 15 is 0 Å². The summed E-state index contributed by atoms with van der Waals surface area (Å²) in [5.41, 5.74) is 20.4. The molecule has 0 bridgehead atoms. The van der Waals surface area contributed by atoms with Crippen molar-refractivity contribution in [3.8, 4) is 0 Å². The molecule has 366 valence electrons. The molecule has 0 aromatic carbocycles. The molecule has 4 amide bonds. The minimum atomic E-state index is -1.55. The number of Topliss-reactive ketones (excluding diaryl/α,β-unsaturated/α-hetero) is 4. The van der Waals surface area contributed by atoms with Crippen LogP contribution in [0.15, 0.2) is 6.20 Å². The van der Waals surface area contributed by atoms with Crippen molar-refractivity contribution in [2.75, 3.05) is 32.0 Å². The van der Waals surface area contributed by atoms with Crippen LogP contribution in [0.5, 0.6) is 0 Å². The van der Waals surface area contributed by atoms with Gasteiger partial charge in [-0.05, 0) is 64.8 Å². The van der Waals surface area contributed by atoms with Gasteiger partial charge in [0, 0.05) is 38.0 Å². The molecule has 0 aliphatic carbocycles. The van der Waals surface area contributed by atoms with E-state index in [4.69, 9.17) is 11.5 Å². The number of ketones is 4. The van der Waals surface area contributed by atoms with Crippen molar-refractivity contribution < 1.29 is 48.6 Å². The maximum Gasteiger partial charge on any atom is 0.245 e. The van der Waals surface area contributed by atoms with Gasteiger partial charge < -0.3 is 42.5 Å². The Labute approximate surface area is 385 Å². The van der Waals surface area contributed by atoms with Gasteiger partial charge in [-0.3, -0.25) is 43.0 Å². The highest BCUT2D eigenvalue weighted by Gasteiger charge is 2.45. The van der Waals surface area contributed by atoms with Crippen LogP contribution in [0, 0.1) is 5.92 Å². The predicted octanol–water partition coefficient (Wildman–Crippen LogP) is -3.46. The number of carbonyl (C=O) groups is 8. The van der Waals surface area contributed by atoms with E-state index in [1.165, 1.54) is 23.4 Å². The number of hydrogen-bond donors (Lipinski definition) is 11. The molecule has 2 saturated heterocycles. The van der Waals surface area contributed by atoms with Gasteiger partial charge in [0.15, 0.2) is 11.6 Å². The lowest BCUT2D eigenvalue weighted by atomic mass is 9.90. The van der Waals surface area contributed by atoms with Gasteiger partial charge >= 0.3 is 0 Å². The van der Waals surface area contributed by atoms with Crippen molar-refractivity contribution in [1.29, 1.82) is 0 Å². The van der Waals surface area contributed by atoms with Crippen molar-refractivity contribution in [3.05, 3.63) is 11.9 Å². The molecule has 2 aliphatic rings. The fourth-order valence-corrected chi connectivity index (χ4v) is 8.06. The Morgan fingerprint density at radius 3 is 2.09 bits per heavy atom. The Kier molecular flexibility index (Phi) is 23.2. The fourth-order valence-electron chi connectivity index (χ4n) is 7.76. The van der Waals surface area contributed by atoms with Crippen LogP contribution in [0.1, 0.15) is 98.1 Å². The van der Waals surface area contributed by atoms with Crippen LogP contribution >= 0.6 is 12.6 Å². The first kappa shape index (κ1) is 55.1. The van der Waals surface area contributed by atoms with Crippen molar-refractivity contribution in [1.82, 2.24) is 57.1 Å². The summed E-state index contributed by atoms with van der Waals surface area (Å²) in [4.78, 5) is 109. The first-order valence-electron chi connectivity index (χ1n) is 22.5. The summed E-state index contributed by atoms with van der Waals surface area (Å²) in [7, 11) is 0. The van der Waals surface area contributed by atoms with Gasteiger partial charge in [-0.15, -0.1) is 5.10 Å². The summed E-state index contributed by atoms with van der Waals surface area (Å²) >= 11 is 4.25. The van der Waals surface area contributed by atoms with Crippen molar-refractivity contribution in [3.63, 3.8) is 0 Å². The molecule has 3 rings (SSSR count). The van der Waals surface area contributed by atoms with Crippen molar-refractivity contribution in [2.24, 2.45) is 17.4 Å². The number of aliphatic hydroxyl groups is 2.